The highest BCUT2D eigenvalue weighted by Crippen LogP contribution is 2.34. The highest BCUT2D eigenvalue weighted by Gasteiger charge is 2.34. The fraction of sp³-hybridized carbons (Fsp3) is 0.375. The molecule has 130 valence electrons. The van der Waals surface area contributed by atoms with Crippen LogP contribution in [0.5, 0.6) is 5.75 Å². The molecule has 1 unspecified atom stereocenters. The van der Waals surface area contributed by atoms with Crippen LogP contribution in [0.25, 0.3) is 11.0 Å². The van der Waals surface area contributed by atoms with Crippen molar-refractivity contribution in [3.8, 4) is 5.75 Å². The molecule has 1 atom stereocenters. The maximum Gasteiger partial charge on any atom is 0.417 e. The second-order valence-corrected chi connectivity index (χ2v) is 5.56. The predicted octanol–water partition coefficient (Wildman–Crippen LogP) is 3.10. The van der Waals surface area contributed by atoms with E-state index in [0.717, 1.165) is 12.1 Å². The van der Waals surface area contributed by atoms with E-state index in [2.05, 4.69) is 5.32 Å². The molecule has 0 radical (unpaired) electrons. The van der Waals surface area contributed by atoms with Gasteiger partial charge in [0.15, 0.2) is 6.10 Å². The summed E-state index contributed by atoms with van der Waals surface area (Å²) in [4.78, 5) is 23.1. The van der Waals surface area contributed by atoms with Crippen molar-refractivity contribution in [1.82, 2.24) is 5.32 Å². The number of nitrogens with one attached hydrogen (secondary N) is 1. The van der Waals surface area contributed by atoms with Gasteiger partial charge in [0.1, 0.15) is 11.3 Å². The lowest BCUT2D eigenvalue weighted by Gasteiger charge is -2.17. The first kappa shape index (κ1) is 17.8. The molecular weight excluding hydrogens is 327 g/mol. The molecule has 0 spiro atoms. The molecule has 24 heavy (non-hydrogen) atoms. The van der Waals surface area contributed by atoms with Crippen LogP contribution in [0.3, 0.4) is 0 Å². The molecule has 1 aromatic heterocycles. The smallest absolute Gasteiger partial charge is 0.417 e. The number of fused-ring (bicyclic) bond motifs is 1. The molecule has 1 amide bonds. The van der Waals surface area contributed by atoms with Gasteiger partial charge in [-0.1, -0.05) is 0 Å². The van der Waals surface area contributed by atoms with Crippen LogP contribution in [0, 0.1) is 0 Å². The number of halogens is 3. The summed E-state index contributed by atoms with van der Waals surface area (Å²) in [6.07, 6.45) is -5.54. The lowest BCUT2D eigenvalue weighted by molar-refractivity contribution is -0.136. The van der Waals surface area contributed by atoms with Gasteiger partial charge >= 0.3 is 11.8 Å². The van der Waals surface area contributed by atoms with Crippen molar-refractivity contribution in [1.29, 1.82) is 0 Å². The summed E-state index contributed by atoms with van der Waals surface area (Å²) in [5.74, 6) is -0.244. The van der Waals surface area contributed by atoms with Gasteiger partial charge in [-0.15, -0.1) is 0 Å². The molecular formula is C16H16F3NO4. The normalized spacial score (nSPS) is 13.1. The predicted molar refractivity (Wildman–Crippen MR) is 80.9 cm³/mol. The fourth-order valence-electron chi connectivity index (χ4n) is 2.11. The zero-order valence-electron chi connectivity index (χ0n) is 13.2. The average Bonchev–Trinajstić information content (AvgIpc) is 2.44. The van der Waals surface area contributed by atoms with Gasteiger partial charge in [0.25, 0.3) is 5.91 Å². The Morgan fingerprint density at radius 2 is 1.88 bits per heavy atom. The minimum Gasteiger partial charge on any atom is -0.481 e. The molecule has 5 nitrogen and oxygen atoms in total. The van der Waals surface area contributed by atoms with Gasteiger partial charge in [-0.05, 0) is 32.9 Å². The van der Waals surface area contributed by atoms with Crippen LogP contribution in [0.1, 0.15) is 26.3 Å². The lowest BCUT2D eigenvalue weighted by atomic mass is 10.1. The number of carbonyl (C=O) groups excluding carboxylic acids is 1. The second-order valence-electron chi connectivity index (χ2n) is 5.56. The highest BCUT2D eigenvalue weighted by atomic mass is 19.4. The number of alkyl halides is 3. The first-order chi connectivity index (χ1) is 11.1. The van der Waals surface area contributed by atoms with Crippen LogP contribution in [-0.2, 0) is 11.0 Å². The first-order valence-corrected chi connectivity index (χ1v) is 7.20. The van der Waals surface area contributed by atoms with Crippen molar-refractivity contribution < 1.29 is 27.1 Å². The van der Waals surface area contributed by atoms with Crippen molar-refractivity contribution in [2.24, 2.45) is 0 Å². The van der Waals surface area contributed by atoms with E-state index in [1.807, 2.05) is 0 Å². The summed E-state index contributed by atoms with van der Waals surface area (Å²) in [7, 11) is 0. The minimum atomic E-state index is -4.68. The molecule has 0 aliphatic carbocycles. The third-order valence-corrected chi connectivity index (χ3v) is 3.13. The molecule has 1 heterocycles. The molecule has 0 aliphatic rings. The molecule has 2 rings (SSSR count). The average molecular weight is 343 g/mol. The molecule has 8 heteroatoms. The molecule has 1 aromatic carbocycles. The van der Waals surface area contributed by atoms with E-state index >= 15 is 0 Å². The van der Waals surface area contributed by atoms with E-state index in [1.165, 1.54) is 13.0 Å². The Bertz CT molecular complexity index is 811. The quantitative estimate of drug-likeness (QED) is 0.866. The van der Waals surface area contributed by atoms with Crippen LogP contribution < -0.4 is 15.7 Å². The van der Waals surface area contributed by atoms with Crippen molar-refractivity contribution in [2.75, 3.05) is 0 Å². The maximum absolute atomic E-state index is 13.0. The Labute approximate surface area is 135 Å². The standard InChI is InChI=1S/C16H16F3NO4/c1-8(2)20-15(22)9(3)23-10-4-5-11-12(16(17,18)19)7-14(21)24-13(11)6-10/h4-9H,1-3H3,(H,20,22). The number of amides is 1. The monoisotopic (exact) mass is 343 g/mol. The number of benzene rings is 1. The van der Waals surface area contributed by atoms with E-state index in [4.69, 9.17) is 9.15 Å². The molecule has 0 fully saturated rings. The van der Waals surface area contributed by atoms with E-state index in [0.29, 0.717) is 6.07 Å². The Morgan fingerprint density at radius 1 is 1.21 bits per heavy atom. The van der Waals surface area contributed by atoms with Gasteiger partial charge in [-0.2, -0.15) is 13.2 Å². The van der Waals surface area contributed by atoms with Crippen LogP contribution >= 0.6 is 0 Å². The molecule has 2 aromatic rings. The van der Waals surface area contributed by atoms with Gasteiger partial charge in [0.2, 0.25) is 0 Å². The van der Waals surface area contributed by atoms with Gasteiger partial charge in [-0.25, -0.2) is 4.79 Å². The first-order valence-electron chi connectivity index (χ1n) is 7.20. The largest absolute Gasteiger partial charge is 0.481 e. The van der Waals surface area contributed by atoms with E-state index in [1.54, 1.807) is 13.8 Å². The Balaban J connectivity index is 2.35. The lowest BCUT2D eigenvalue weighted by Crippen LogP contribution is -2.40. The van der Waals surface area contributed by atoms with Gasteiger partial charge in [0, 0.05) is 23.6 Å². The van der Waals surface area contributed by atoms with Crippen molar-refractivity contribution >= 4 is 16.9 Å². The zero-order chi connectivity index (χ0) is 18.1. The molecule has 0 aliphatic heterocycles. The van der Waals surface area contributed by atoms with Crippen LogP contribution in [0.15, 0.2) is 33.5 Å². The topological polar surface area (TPSA) is 68.5 Å². The Kier molecular flexibility index (Phi) is 4.86. The van der Waals surface area contributed by atoms with Crippen molar-refractivity contribution in [3.05, 3.63) is 40.2 Å². The summed E-state index contributed by atoms with van der Waals surface area (Å²) < 4.78 is 49.1. The maximum atomic E-state index is 13.0. The van der Waals surface area contributed by atoms with Crippen molar-refractivity contribution in [3.63, 3.8) is 0 Å². The van der Waals surface area contributed by atoms with Gasteiger partial charge in [0.05, 0.1) is 5.56 Å². The van der Waals surface area contributed by atoms with Gasteiger partial charge < -0.3 is 14.5 Å². The molecule has 0 bridgehead atoms. The molecule has 1 N–H and O–H groups in total. The van der Waals surface area contributed by atoms with Crippen LogP contribution in [0.4, 0.5) is 13.2 Å². The fourth-order valence-corrected chi connectivity index (χ4v) is 2.11. The number of ether oxygens (including phenoxy) is 1. The van der Waals surface area contributed by atoms with E-state index in [-0.39, 0.29) is 28.7 Å². The number of hydrogen-bond donors (Lipinski definition) is 1. The molecule has 0 saturated heterocycles. The number of hydrogen-bond acceptors (Lipinski definition) is 4. The van der Waals surface area contributed by atoms with Crippen LogP contribution in [-0.4, -0.2) is 18.1 Å². The summed E-state index contributed by atoms with van der Waals surface area (Å²) in [6, 6.07) is 3.92. The van der Waals surface area contributed by atoms with E-state index < -0.39 is 23.5 Å². The van der Waals surface area contributed by atoms with Gasteiger partial charge in [-0.3, -0.25) is 4.79 Å². The Morgan fingerprint density at radius 3 is 2.46 bits per heavy atom. The van der Waals surface area contributed by atoms with Crippen LogP contribution in [0.2, 0.25) is 0 Å². The molecule has 0 saturated carbocycles. The van der Waals surface area contributed by atoms with Crippen molar-refractivity contribution in [2.45, 2.75) is 39.1 Å². The summed E-state index contributed by atoms with van der Waals surface area (Å²) in [5, 5.41) is 2.40. The Hall–Kier alpha value is -2.51. The summed E-state index contributed by atoms with van der Waals surface area (Å²) in [5.41, 5.74) is -2.45. The van der Waals surface area contributed by atoms with E-state index in [9.17, 15) is 22.8 Å². The zero-order valence-corrected chi connectivity index (χ0v) is 13.2. The summed E-state index contributed by atoms with van der Waals surface area (Å²) >= 11 is 0. The summed E-state index contributed by atoms with van der Waals surface area (Å²) in [6.45, 7) is 5.08. The number of rotatable bonds is 4. The highest BCUT2D eigenvalue weighted by molar-refractivity contribution is 5.83. The third-order valence-electron chi connectivity index (χ3n) is 3.13. The third kappa shape index (κ3) is 4.06. The minimum absolute atomic E-state index is 0.0764. The second kappa shape index (κ2) is 6.54. The number of carbonyl (C=O) groups is 1. The SMILES string of the molecule is CC(C)NC(=O)C(C)Oc1ccc2c(C(F)(F)F)cc(=O)oc2c1.